The number of anilines is 1. The molecule has 0 N–H and O–H groups in total. The fraction of sp³-hybridized carbons (Fsp3) is 0.190. The highest BCUT2D eigenvalue weighted by atomic mass is 35.5. The van der Waals surface area contributed by atoms with Gasteiger partial charge in [-0.05, 0) is 30.7 Å². The molecule has 0 saturated heterocycles. The molecule has 0 aliphatic carbocycles. The monoisotopic (exact) mass is 504 g/mol. The van der Waals surface area contributed by atoms with Gasteiger partial charge in [0.2, 0.25) is 5.82 Å². The van der Waals surface area contributed by atoms with Crippen LogP contribution in [-0.4, -0.2) is 38.4 Å². The number of carbonyl (C=O) groups excluding carboxylic acids is 2. The maximum atomic E-state index is 14.2. The second kappa shape index (κ2) is 9.67. The quantitative estimate of drug-likeness (QED) is 0.192. The van der Waals surface area contributed by atoms with E-state index in [1.807, 2.05) is 0 Å². The third kappa shape index (κ3) is 4.40. The molecular weight excluding hydrogens is 491 g/mol. The fourth-order valence-electron chi connectivity index (χ4n) is 2.94. The predicted molar refractivity (Wildman–Crippen MR) is 110 cm³/mol. The molecule has 0 spiro atoms. The molecule has 2 aromatic rings. The van der Waals surface area contributed by atoms with Crippen LogP contribution in [0, 0.1) is 29.1 Å². The van der Waals surface area contributed by atoms with Gasteiger partial charge in [0.25, 0.3) is 5.91 Å². The summed E-state index contributed by atoms with van der Waals surface area (Å²) in [5.74, 6) is -13.0. The van der Waals surface area contributed by atoms with Gasteiger partial charge in [-0.1, -0.05) is 11.6 Å². The van der Waals surface area contributed by atoms with Gasteiger partial charge in [-0.25, -0.2) is 26.7 Å². The molecule has 13 heteroatoms. The van der Waals surface area contributed by atoms with Gasteiger partial charge in [0, 0.05) is 0 Å². The number of hydrogen-bond donors (Lipinski definition) is 0. The molecule has 0 aromatic heterocycles. The summed E-state index contributed by atoms with van der Waals surface area (Å²) in [7, 11) is 2.45. The van der Waals surface area contributed by atoms with Gasteiger partial charge in [-0.2, -0.15) is 10.1 Å². The SMILES string of the molecule is COC(=O)COc1c(Cl)cc(/C=C2/C(=O)N(c3c(F)c(F)c(F)c(F)c3F)N=C2C)cc1OC. The summed E-state index contributed by atoms with van der Waals surface area (Å²) in [6.07, 6.45) is 1.21. The fourth-order valence-corrected chi connectivity index (χ4v) is 3.21. The van der Waals surface area contributed by atoms with E-state index in [1.165, 1.54) is 32.2 Å². The molecule has 1 amide bonds. The molecule has 0 fully saturated rings. The second-order valence-corrected chi connectivity index (χ2v) is 7.09. The summed E-state index contributed by atoms with van der Waals surface area (Å²) in [5, 5.41) is 3.71. The molecule has 1 aliphatic heterocycles. The number of methoxy groups -OCH3 is 2. The molecule has 1 heterocycles. The highest BCUT2D eigenvalue weighted by Gasteiger charge is 2.37. The van der Waals surface area contributed by atoms with Crippen LogP contribution in [0.4, 0.5) is 27.6 Å². The number of esters is 1. The molecular formula is C21H14ClF5N2O5. The number of hydrazone groups is 1. The Kier molecular flexibility index (Phi) is 7.10. The summed E-state index contributed by atoms with van der Waals surface area (Å²) >= 11 is 6.18. The van der Waals surface area contributed by atoms with E-state index in [4.69, 9.17) is 21.1 Å². The molecule has 3 rings (SSSR count). The zero-order valence-electron chi connectivity index (χ0n) is 17.6. The Balaban J connectivity index is 2.00. The Hall–Kier alpha value is -3.67. The Morgan fingerprint density at radius 1 is 1.06 bits per heavy atom. The summed E-state index contributed by atoms with van der Waals surface area (Å²) in [5.41, 5.74) is -1.56. The second-order valence-electron chi connectivity index (χ2n) is 6.68. The maximum absolute atomic E-state index is 14.2. The van der Waals surface area contributed by atoms with Crippen LogP contribution in [0.3, 0.4) is 0 Å². The highest BCUT2D eigenvalue weighted by molar-refractivity contribution is 6.33. The summed E-state index contributed by atoms with van der Waals surface area (Å²) in [4.78, 5) is 24.1. The molecule has 180 valence electrons. The largest absolute Gasteiger partial charge is 0.493 e. The lowest BCUT2D eigenvalue weighted by Gasteiger charge is -2.15. The summed E-state index contributed by atoms with van der Waals surface area (Å²) in [6.45, 7) is 0.830. The van der Waals surface area contributed by atoms with Crippen molar-refractivity contribution >= 4 is 41.0 Å². The van der Waals surface area contributed by atoms with E-state index in [-0.39, 0.29) is 38.4 Å². The lowest BCUT2D eigenvalue weighted by molar-refractivity contribution is -0.142. The number of halogens is 6. The lowest BCUT2D eigenvalue weighted by atomic mass is 10.1. The first kappa shape index (κ1) is 25.0. The van der Waals surface area contributed by atoms with Crippen molar-refractivity contribution in [3.63, 3.8) is 0 Å². The molecule has 0 saturated carbocycles. The molecule has 0 bridgehead atoms. The van der Waals surface area contributed by atoms with E-state index in [0.29, 0.717) is 0 Å². The normalized spacial score (nSPS) is 14.5. The number of carbonyl (C=O) groups is 2. The van der Waals surface area contributed by atoms with Crippen molar-refractivity contribution in [2.75, 3.05) is 25.8 Å². The molecule has 0 radical (unpaired) electrons. The zero-order valence-corrected chi connectivity index (χ0v) is 18.4. The Bertz CT molecular complexity index is 1240. The third-order valence-corrected chi connectivity index (χ3v) is 4.87. The van der Waals surface area contributed by atoms with Crippen molar-refractivity contribution in [3.05, 3.63) is 57.4 Å². The Morgan fingerprint density at radius 2 is 1.65 bits per heavy atom. The Labute approximate surface area is 193 Å². The number of amides is 1. The first-order valence-corrected chi connectivity index (χ1v) is 9.59. The van der Waals surface area contributed by atoms with Gasteiger partial charge in [-0.15, -0.1) is 0 Å². The minimum absolute atomic E-state index is 0.00267. The first-order valence-electron chi connectivity index (χ1n) is 9.22. The van der Waals surface area contributed by atoms with Crippen molar-refractivity contribution in [2.24, 2.45) is 5.10 Å². The van der Waals surface area contributed by atoms with Gasteiger partial charge < -0.3 is 14.2 Å². The Morgan fingerprint density at radius 3 is 2.21 bits per heavy atom. The van der Waals surface area contributed by atoms with Crippen molar-refractivity contribution < 1.29 is 45.8 Å². The van der Waals surface area contributed by atoms with Crippen LogP contribution in [0.2, 0.25) is 5.02 Å². The topological polar surface area (TPSA) is 77.4 Å². The van der Waals surface area contributed by atoms with Crippen LogP contribution in [0.15, 0.2) is 22.8 Å². The first-order chi connectivity index (χ1) is 16.0. The van der Waals surface area contributed by atoms with Gasteiger partial charge in [0.15, 0.2) is 41.4 Å². The predicted octanol–water partition coefficient (Wildman–Crippen LogP) is 4.40. The van der Waals surface area contributed by atoms with Gasteiger partial charge >= 0.3 is 5.97 Å². The van der Waals surface area contributed by atoms with Crippen molar-refractivity contribution in [1.29, 1.82) is 0 Å². The zero-order chi connectivity index (χ0) is 25.3. The maximum Gasteiger partial charge on any atom is 0.343 e. The number of hydrogen-bond acceptors (Lipinski definition) is 6. The molecule has 1 aliphatic rings. The number of benzene rings is 2. The summed E-state index contributed by atoms with van der Waals surface area (Å²) in [6, 6.07) is 2.69. The lowest BCUT2D eigenvalue weighted by Crippen LogP contribution is -2.25. The van der Waals surface area contributed by atoms with E-state index >= 15 is 0 Å². The van der Waals surface area contributed by atoms with Crippen LogP contribution in [0.1, 0.15) is 12.5 Å². The molecule has 0 atom stereocenters. The van der Waals surface area contributed by atoms with Gasteiger partial charge in [0.05, 0.1) is 30.5 Å². The number of rotatable bonds is 6. The van der Waals surface area contributed by atoms with Crippen LogP contribution >= 0.6 is 11.6 Å². The average molecular weight is 505 g/mol. The van der Waals surface area contributed by atoms with Crippen LogP contribution in [0.5, 0.6) is 11.5 Å². The van der Waals surface area contributed by atoms with E-state index in [9.17, 15) is 31.5 Å². The third-order valence-electron chi connectivity index (χ3n) is 4.59. The van der Waals surface area contributed by atoms with Crippen LogP contribution in [-0.2, 0) is 14.3 Å². The average Bonchev–Trinajstić information content (AvgIpc) is 3.08. The van der Waals surface area contributed by atoms with Crippen molar-refractivity contribution in [3.8, 4) is 11.5 Å². The summed E-state index contributed by atoms with van der Waals surface area (Å²) < 4.78 is 83.8. The standard InChI is InChI=1S/C21H14ClF5N2O5/c1-8-10(4-9-5-11(22)20(12(6-9)32-2)34-7-13(30)33-3)21(31)29(28-8)19-17(26)15(24)14(23)16(25)18(19)27/h4-6H,7H2,1-3H3/b10-4+. The van der Waals surface area contributed by atoms with Gasteiger partial charge in [0.1, 0.15) is 5.69 Å². The number of nitrogens with zero attached hydrogens (tertiary/aromatic N) is 2. The van der Waals surface area contributed by atoms with Crippen molar-refractivity contribution in [1.82, 2.24) is 0 Å². The van der Waals surface area contributed by atoms with Crippen molar-refractivity contribution in [2.45, 2.75) is 6.92 Å². The van der Waals surface area contributed by atoms with E-state index in [2.05, 4.69) is 9.84 Å². The molecule has 34 heavy (non-hydrogen) atoms. The number of ether oxygens (including phenoxy) is 3. The van der Waals surface area contributed by atoms with Crippen LogP contribution < -0.4 is 14.5 Å². The van der Waals surface area contributed by atoms with Crippen LogP contribution in [0.25, 0.3) is 6.08 Å². The van der Waals surface area contributed by atoms with E-state index in [1.54, 1.807) is 0 Å². The minimum atomic E-state index is -2.36. The smallest absolute Gasteiger partial charge is 0.343 e. The molecule has 7 nitrogen and oxygen atoms in total. The van der Waals surface area contributed by atoms with E-state index in [0.717, 1.165) is 7.11 Å². The molecule has 2 aromatic carbocycles. The minimum Gasteiger partial charge on any atom is -0.493 e. The highest BCUT2D eigenvalue weighted by Crippen LogP contribution is 2.38. The van der Waals surface area contributed by atoms with E-state index < -0.39 is 53.3 Å². The van der Waals surface area contributed by atoms with Gasteiger partial charge in [-0.3, -0.25) is 4.79 Å². The molecule has 0 unspecified atom stereocenters.